The van der Waals surface area contributed by atoms with Crippen LogP contribution in [0.25, 0.3) is 0 Å². The smallest absolute Gasteiger partial charge is 0.151 e. The highest BCUT2D eigenvalue weighted by molar-refractivity contribution is 5.66. The molecule has 1 aromatic heterocycles. The van der Waals surface area contributed by atoms with E-state index in [1.165, 1.54) is 37.8 Å². The molecule has 1 aliphatic heterocycles. The Balaban J connectivity index is 1.70. The third kappa shape index (κ3) is 3.06. The van der Waals surface area contributed by atoms with Crippen molar-refractivity contribution in [2.24, 2.45) is 0 Å². The lowest BCUT2D eigenvalue weighted by atomic mass is 9.92. The fourth-order valence-corrected chi connectivity index (χ4v) is 3.40. The molecule has 1 saturated heterocycles. The summed E-state index contributed by atoms with van der Waals surface area (Å²) < 4.78 is 5.52. The Labute approximate surface area is 121 Å². The highest BCUT2D eigenvalue weighted by Gasteiger charge is 2.23. The summed E-state index contributed by atoms with van der Waals surface area (Å²) in [5, 5.41) is 3.71. The third-order valence-corrected chi connectivity index (χ3v) is 4.51. The molecule has 4 heteroatoms. The largest absolute Gasteiger partial charge is 0.381 e. The standard InChI is InChI=1S/C16H25N3O/c1-20-14-7-4-6-13(12-14)18-15-8-5-9-17-16(15)19-10-2-3-11-19/h5,8-9,13-14,18H,2-4,6-7,10-12H2,1H3. The molecule has 2 unspecified atom stereocenters. The zero-order valence-electron chi connectivity index (χ0n) is 12.3. The summed E-state index contributed by atoms with van der Waals surface area (Å²) in [6, 6.07) is 4.70. The maximum atomic E-state index is 5.52. The SMILES string of the molecule is COC1CCCC(Nc2cccnc2N2CCCC2)C1. The first kappa shape index (κ1) is 13.7. The average Bonchev–Trinajstić information content (AvgIpc) is 3.02. The number of pyridine rings is 1. The van der Waals surface area contributed by atoms with Crippen LogP contribution in [0.5, 0.6) is 0 Å². The van der Waals surface area contributed by atoms with Crippen molar-refractivity contribution in [1.29, 1.82) is 0 Å². The molecule has 2 atom stereocenters. The van der Waals surface area contributed by atoms with Crippen molar-refractivity contribution in [3.63, 3.8) is 0 Å². The van der Waals surface area contributed by atoms with Gasteiger partial charge >= 0.3 is 0 Å². The van der Waals surface area contributed by atoms with Gasteiger partial charge in [0.15, 0.2) is 5.82 Å². The van der Waals surface area contributed by atoms with E-state index in [1.807, 2.05) is 19.4 Å². The Morgan fingerprint density at radius 2 is 2.10 bits per heavy atom. The molecule has 0 bridgehead atoms. The average molecular weight is 275 g/mol. The van der Waals surface area contributed by atoms with Gasteiger partial charge in [0.1, 0.15) is 0 Å². The highest BCUT2D eigenvalue weighted by atomic mass is 16.5. The van der Waals surface area contributed by atoms with Gasteiger partial charge in [0.25, 0.3) is 0 Å². The van der Waals surface area contributed by atoms with Crippen molar-refractivity contribution in [2.45, 2.75) is 50.7 Å². The van der Waals surface area contributed by atoms with E-state index < -0.39 is 0 Å². The topological polar surface area (TPSA) is 37.4 Å². The van der Waals surface area contributed by atoms with E-state index in [1.54, 1.807) is 0 Å². The predicted molar refractivity (Wildman–Crippen MR) is 82.4 cm³/mol. The summed E-state index contributed by atoms with van der Waals surface area (Å²) in [5.41, 5.74) is 1.19. The molecule has 1 aliphatic carbocycles. The van der Waals surface area contributed by atoms with Crippen LogP contribution in [0.3, 0.4) is 0 Å². The lowest BCUT2D eigenvalue weighted by Gasteiger charge is -2.31. The van der Waals surface area contributed by atoms with Crippen molar-refractivity contribution in [3.8, 4) is 0 Å². The van der Waals surface area contributed by atoms with Crippen LogP contribution in [-0.4, -0.2) is 37.3 Å². The van der Waals surface area contributed by atoms with Crippen LogP contribution in [0, 0.1) is 0 Å². The summed E-state index contributed by atoms with van der Waals surface area (Å²) >= 11 is 0. The lowest BCUT2D eigenvalue weighted by molar-refractivity contribution is 0.0669. The maximum Gasteiger partial charge on any atom is 0.151 e. The van der Waals surface area contributed by atoms with Crippen LogP contribution in [0.1, 0.15) is 38.5 Å². The number of nitrogens with zero attached hydrogens (tertiary/aromatic N) is 2. The van der Waals surface area contributed by atoms with Gasteiger partial charge < -0.3 is 15.0 Å². The van der Waals surface area contributed by atoms with Gasteiger partial charge in [0.2, 0.25) is 0 Å². The van der Waals surface area contributed by atoms with Crippen LogP contribution >= 0.6 is 0 Å². The van der Waals surface area contributed by atoms with Crippen LogP contribution in [-0.2, 0) is 4.74 Å². The van der Waals surface area contributed by atoms with Crippen LogP contribution in [0.2, 0.25) is 0 Å². The van der Waals surface area contributed by atoms with Gasteiger partial charge in [0.05, 0.1) is 11.8 Å². The normalized spacial score (nSPS) is 26.8. The van der Waals surface area contributed by atoms with Crippen molar-refractivity contribution < 1.29 is 4.74 Å². The van der Waals surface area contributed by atoms with Crippen molar-refractivity contribution in [3.05, 3.63) is 18.3 Å². The second-order valence-corrected chi connectivity index (χ2v) is 5.93. The summed E-state index contributed by atoms with van der Waals surface area (Å²) in [6.07, 6.45) is 9.65. The first-order chi connectivity index (χ1) is 9.86. The second-order valence-electron chi connectivity index (χ2n) is 5.93. The van der Waals surface area contributed by atoms with Gasteiger partial charge in [-0.15, -0.1) is 0 Å². The predicted octanol–water partition coefficient (Wildman–Crippen LogP) is 3.05. The number of nitrogens with one attached hydrogen (secondary N) is 1. The zero-order valence-corrected chi connectivity index (χ0v) is 12.3. The number of methoxy groups -OCH3 is 1. The molecule has 3 rings (SSSR count). The Bertz CT molecular complexity index is 431. The number of ether oxygens (including phenoxy) is 1. The van der Waals surface area contributed by atoms with Crippen molar-refractivity contribution in [2.75, 3.05) is 30.4 Å². The number of hydrogen-bond donors (Lipinski definition) is 1. The van der Waals surface area contributed by atoms with E-state index in [0.717, 1.165) is 25.3 Å². The number of anilines is 2. The van der Waals surface area contributed by atoms with Gasteiger partial charge in [0, 0.05) is 32.4 Å². The molecule has 20 heavy (non-hydrogen) atoms. The Morgan fingerprint density at radius 3 is 2.90 bits per heavy atom. The van der Waals surface area contributed by atoms with Crippen LogP contribution in [0.15, 0.2) is 18.3 Å². The van der Waals surface area contributed by atoms with E-state index in [-0.39, 0.29) is 0 Å². The molecule has 2 fully saturated rings. The number of aromatic nitrogens is 1. The van der Waals surface area contributed by atoms with Crippen molar-refractivity contribution in [1.82, 2.24) is 4.98 Å². The highest BCUT2D eigenvalue weighted by Crippen LogP contribution is 2.30. The van der Waals surface area contributed by atoms with Gasteiger partial charge in [-0.2, -0.15) is 0 Å². The second kappa shape index (κ2) is 6.44. The third-order valence-electron chi connectivity index (χ3n) is 4.51. The van der Waals surface area contributed by atoms with E-state index >= 15 is 0 Å². The van der Waals surface area contributed by atoms with Crippen LogP contribution < -0.4 is 10.2 Å². The quantitative estimate of drug-likeness (QED) is 0.916. The van der Waals surface area contributed by atoms with Crippen molar-refractivity contribution >= 4 is 11.5 Å². The Hall–Kier alpha value is -1.29. The molecule has 0 aromatic carbocycles. The van der Waals surface area contributed by atoms with Gasteiger partial charge in [-0.1, -0.05) is 0 Å². The molecule has 0 radical (unpaired) electrons. The van der Waals surface area contributed by atoms with Crippen LogP contribution in [0.4, 0.5) is 11.5 Å². The van der Waals surface area contributed by atoms with E-state index in [0.29, 0.717) is 12.1 Å². The molecule has 0 spiro atoms. The number of rotatable bonds is 4. The summed E-state index contributed by atoms with van der Waals surface area (Å²) in [6.45, 7) is 2.27. The minimum atomic E-state index is 0.410. The Morgan fingerprint density at radius 1 is 1.25 bits per heavy atom. The molecule has 110 valence electrons. The molecule has 1 saturated carbocycles. The van der Waals surface area contributed by atoms with E-state index in [9.17, 15) is 0 Å². The molecule has 1 N–H and O–H groups in total. The summed E-state index contributed by atoms with van der Waals surface area (Å²) in [5.74, 6) is 1.13. The van der Waals surface area contributed by atoms with Gasteiger partial charge in [-0.25, -0.2) is 4.98 Å². The molecule has 2 aliphatic rings. The first-order valence-corrected chi connectivity index (χ1v) is 7.86. The monoisotopic (exact) mass is 275 g/mol. The number of hydrogen-bond acceptors (Lipinski definition) is 4. The minimum absolute atomic E-state index is 0.410. The van der Waals surface area contributed by atoms with Gasteiger partial charge in [-0.05, 0) is 50.7 Å². The molecule has 4 nitrogen and oxygen atoms in total. The molecular weight excluding hydrogens is 250 g/mol. The molecule has 0 amide bonds. The van der Waals surface area contributed by atoms with E-state index in [4.69, 9.17) is 4.74 Å². The Kier molecular flexibility index (Phi) is 4.41. The fourth-order valence-electron chi connectivity index (χ4n) is 3.40. The lowest BCUT2D eigenvalue weighted by Crippen LogP contribution is -2.32. The first-order valence-electron chi connectivity index (χ1n) is 7.86. The van der Waals surface area contributed by atoms with Gasteiger partial charge in [-0.3, -0.25) is 0 Å². The molecule has 1 aromatic rings. The fraction of sp³-hybridized carbons (Fsp3) is 0.688. The summed E-state index contributed by atoms with van der Waals surface area (Å²) in [7, 11) is 1.83. The molecular formula is C16H25N3O. The summed E-state index contributed by atoms with van der Waals surface area (Å²) in [4.78, 5) is 7.00. The molecule has 2 heterocycles. The minimum Gasteiger partial charge on any atom is -0.381 e. The van der Waals surface area contributed by atoms with E-state index in [2.05, 4.69) is 21.3 Å². The zero-order chi connectivity index (χ0) is 13.8. The maximum absolute atomic E-state index is 5.52.